The highest BCUT2D eigenvalue weighted by Gasteiger charge is 2.15. The van der Waals surface area contributed by atoms with E-state index >= 15 is 0 Å². The topological polar surface area (TPSA) is 56.5 Å². The van der Waals surface area contributed by atoms with Gasteiger partial charge in [-0.25, -0.2) is 5.43 Å². The third kappa shape index (κ3) is 2.64. The number of methoxy groups -OCH3 is 2. The Bertz CT molecular complexity index is 477. The second kappa shape index (κ2) is 5.86. The van der Waals surface area contributed by atoms with Crippen LogP contribution in [-0.2, 0) is 0 Å². The Hall–Kier alpha value is -1.56. The Morgan fingerprint density at radius 2 is 1.83 bits per heavy atom. The van der Waals surface area contributed by atoms with Gasteiger partial charge >= 0.3 is 0 Å². The molecule has 0 saturated carbocycles. The maximum atomic E-state index is 5.65. The van der Waals surface area contributed by atoms with Crippen molar-refractivity contribution in [3.05, 3.63) is 46.2 Å². The van der Waals surface area contributed by atoms with Crippen molar-refractivity contribution < 1.29 is 9.47 Å². The van der Waals surface area contributed by atoms with E-state index in [0.717, 1.165) is 21.9 Å². The standard InChI is InChI=1S/C13H16N2O2S/c1-16-10-6-9(7-11(8-10)17-2)13(15-14)12-4-3-5-18-12/h3-8,13,15H,14H2,1-2H3. The number of rotatable bonds is 5. The van der Waals surface area contributed by atoms with Gasteiger partial charge in [-0.05, 0) is 29.1 Å². The predicted octanol–water partition coefficient (Wildman–Crippen LogP) is 2.32. The summed E-state index contributed by atoms with van der Waals surface area (Å²) in [5, 5.41) is 2.02. The van der Waals surface area contributed by atoms with Crippen LogP contribution < -0.4 is 20.7 Å². The van der Waals surface area contributed by atoms with Gasteiger partial charge in [-0.15, -0.1) is 11.3 Å². The fraction of sp³-hybridized carbons (Fsp3) is 0.231. The lowest BCUT2D eigenvalue weighted by Gasteiger charge is -2.16. The Balaban J connectivity index is 2.41. The monoisotopic (exact) mass is 264 g/mol. The number of hydrazine groups is 1. The maximum absolute atomic E-state index is 5.65. The van der Waals surface area contributed by atoms with E-state index in [1.807, 2.05) is 35.7 Å². The van der Waals surface area contributed by atoms with Crippen molar-refractivity contribution in [1.82, 2.24) is 5.43 Å². The SMILES string of the molecule is COc1cc(OC)cc(C(NN)c2cccs2)c1. The van der Waals surface area contributed by atoms with E-state index in [2.05, 4.69) is 5.43 Å². The molecule has 0 saturated heterocycles. The molecule has 1 unspecified atom stereocenters. The van der Waals surface area contributed by atoms with E-state index in [1.54, 1.807) is 25.6 Å². The van der Waals surface area contributed by atoms with Crippen LogP contribution in [0.2, 0.25) is 0 Å². The molecule has 1 heterocycles. The van der Waals surface area contributed by atoms with Crippen LogP contribution in [0.25, 0.3) is 0 Å². The van der Waals surface area contributed by atoms with E-state index < -0.39 is 0 Å². The van der Waals surface area contributed by atoms with Crippen molar-refractivity contribution in [2.45, 2.75) is 6.04 Å². The van der Waals surface area contributed by atoms with Gasteiger partial charge in [0, 0.05) is 10.9 Å². The third-order valence-electron chi connectivity index (χ3n) is 2.70. The van der Waals surface area contributed by atoms with Crippen LogP contribution in [0.5, 0.6) is 11.5 Å². The molecule has 3 N–H and O–H groups in total. The summed E-state index contributed by atoms with van der Waals surface area (Å²) in [6.07, 6.45) is 0. The van der Waals surface area contributed by atoms with Gasteiger partial charge in [-0.3, -0.25) is 5.84 Å². The van der Waals surface area contributed by atoms with E-state index in [0.29, 0.717) is 0 Å². The van der Waals surface area contributed by atoms with Gasteiger partial charge < -0.3 is 9.47 Å². The number of thiophene rings is 1. The summed E-state index contributed by atoms with van der Waals surface area (Å²) in [6.45, 7) is 0. The van der Waals surface area contributed by atoms with Crippen molar-refractivity contribution >= 4 is 11.3 Å². The van der Waals surface area contributed by atoms with E-state index in [9.17, 15) is 0 Å². The lowest BCUT2D eigenvalue weighted by Crippen LogP contribution is -2.28. The molecule has 18 heavy (non-hydrogen) atoms. The molecule has 96 valence electrons. The summed E-state index contributed by atoms with van der Waals surface area (Å²) >= 11 is 1.65. The fourth-order valence-electron chi connectivity index (χ4n) is 1.79. The van der Waals surface area contributed by atoms with Gasteiger partial charge in [0.05, 0.1) is 20.3 Å². The summed E-state index contributed by atoms with van der Waals surface area (Å²) in [7, 11) is 3.27. The number of hydrogen-bond acceptors (Lipinski definition) is 5. The van der Waals surface area contributed by atoms with Gasteiger partial charge in [-0.1, -0.05) is 6.07 Å². The van der Waals surface area contributed by atoms with Gasteiger partial charge in [0.15, 0.2) is 0 Å². The molecule has 5 heteroatoms. The third-order valence-corrected chi connectivity index (χ3v) is 3.64. The van der Waals surface area contributed by atoms with Crippen LogP contribution in [-0.4, -0.2) is 14.2 Å². The van der Waals surface area contributed by atoms with E-state index in [4.69, 9.17) is 15.3 Å². The Morgan fingerprint density at radius 1 is 1.17 bits per heavy atom. The van der Waals surface area contributed by atoms with Crippen molar-refractivity contribution in [2.24, 2.45) is 5.84 Å². The number of hydrogen-bond donors (Lipinski definition) is 2. The molecule has 2 rings (SSSR count). The lowest BCUT2D eigenvalue weighted by molar-refractivity contribution is 0.392. The summed E-state index contributed by atoms with van der Waals surface area (Å²) in [6, 6.07) is 9.72. The van der Waals surface area contributed by atoms with E-state index in [-0.39, 0.29) is 6.04 Å². The Morgan fingerprint density at radius 3 is 2.28 bits per heavy atom. The molecule has 0 aliphatic rings. The van der Waals surface area contributed by atoms with E-state index in [1.165, 1.54) is 0 Å². The fourth-order valence-corrected chi connectivity index (χ4v) is 2.61. The molecule has 0 aliphatic carbocycles. The van der Waals surface area contributed by atoms with Crippen LogP contribution in [0, 0.1) is 0 Å². The molecule has 1 aromatic carbocycles. The summed E-state index contributed by atoms with van der Waals surface area (Å²) in [5.74, 6) is 7.16. The highest BCUT2D eigenvalue weighted by molar-refractivity contribution is 7.10. The van der Waals surface area contributed by atoms with Crippen molar-refractivity contribution in [2.75, 3.05) is 14.2 Å². The van der Waals surface area contributed by atoms with Gasteiger partial charge in [0.1, 0.15) is 11.5 Å². The summed E-state index contributed by atoms with van der Waals surface area (Å²) in [4.78, 5) is 1.15. The first-order valence-corrected chi connectivity index (χ1v) is 6.39. The van der Waals surface area contributed by atoms with Crippen LogP contribution >= 0.6 is 11.3 Å². The first kappa shape index (κ1) is 12.9. The molecule has 0 fully saturated rings. The number of ether oxygens (including phenoxy) is 2. The van der Waals surface area contributed by atoms with Gasteiger partial charge in [0.25, 0.3) is 0 Å². The molecule has 1 aromatic heterocycles. The molecular formula is C13H16N2O2S. The first-order chi connectivity index (χ1) is 8.78. The predicted molar refractivity (Wildman–Crippen MR) is 73.0 cm³/mol. The number of nitrogens with one attached hydrogen (secondary N) is 1. The highest BCUT2D eigenvalue weighted by Crippen LogP contribution is 2.31. The zero-order valence-corrected chi connectivity index (χ0v) is 11.2. The first-order valence-electron chi connectivity index (χ1n) is 5.51. The summed E-state index contributed by atoms with van der Waals surface area (Å²) < 4.78 is 10.5. The molecule has 2 aromatic rings. The quantitative estimate of drug-likeness (QED) is 0.643. The Kier molecular flexibility index (Phi) is 4.19. The van der Waals surface area contributed by atoms with Crippen LogP contribution in [0.4, 0.5) is 0 Å². The van der Waals surface area contributed by atoms with Crippen LogP contribution in [0.1, 0.15) is 16.5 Å². The molecular weight excluding hydrogens is 248 g/mol. The molecule has 0 spiro atoms. The number of nitrogens with two attached hydrogens (primary N) is 1. The molecule has 0 amide bonds. The highest BCUT2D eigenvalue weighted by atomic mass is 32.1. The minimum Gasteiger partial charge on any atom is -0.497 e. The van der Waals surface area contributed by atoms with Crippen LogP contribution in [0.15, 0.2) is 35.7 Å². The molecule has 0 radical (unpaired) electrons. The zero-order chi connectivity index (χ0) is 13.0. The average Bonchev–Trinajstić information content (AvgIpc) is 2.93. The second-order valence-electron chi connectivity index (χ2n) is 3.76. The zero-order valence-electron chi connectivity index (χ0n) is 10.3. The maximum Gasteiger partial charge on any atom is 0.122 e. The van der Waals surface area contributed by atoms with Crippen molar-refractivity contribution in [3.8, 4) is 11.5 Å². The lowest BCUT2D eigenvalue weighted by atomic mass is 10.1. The largest absolute Gasteiger partial charge is 0.497 e. The smallest absolute Gasteiger partial charge is 0.122 e. The van der Waals surface area contributed by atoms with Gasteiger partial charge in [0.2, 0.25) is 0 Å². The average molecular weight is 264 g/mol. The minimum atomic E-state index is -0.0611. The molecule has 0 bridgehead atoms. The normalized spacial score (nSPS) is 12.2. The summed E-state index contributed by atoms with van der Waals surface area (Å²) in [5.41, 5.74) is 3.83. The van der Waals surface area contributed by atoms with Crippen LogP contribution in [0.3, 0.4) is 0 Å². The minimum absolute atomic E-state index is 0.0611. The Labute approximate surface area is 110 Å². The molecule has 1 atom stereocenters. The van der Waals surface area contributed by atoms with Gasteiger partial charge in [-0.2, -0.15) is 0 Å². The molecule has 4 nitrogen and oxygen atoms in total. The number of benzene rings is 1. The van der Waals surface area contributed by atoms with Crippen molar-refractivity contribution in [3.63, 3.8) is 0 Å². The van der Waals surface area contributed by atoms with Crippen molar-refractivity contribution in [1.29, 1.82) is 0 Å². The second-order valence-corrected chi connectivity index (χ2v) is 4.74. The molecule has 0 aliphatic heterocycles.